The maximum absolute atomic E-state index is 14.0. The summed E-state index contributed by atoms with van der Waals surface area (Å²) in [5, 5.41) is 10.5. The van der Waals surface area contributed by atoms with Crippen LogP contribution in [-0.2, 0) is 0 Å². The number of piperazine rings is 1. The molecular weight excluding hydrogens is 355 g/mol. The zero-order chi connectivity index (χ0) is 20.1. The number of para-hydroxylation sites is 1. The van der Waals surface area contributed by atoms with Crippen molar-refractivity contribution in [1.29, 1.82) is 0 Å². The minimum absolute atomic E-state index is 0.168. The Bertz CT molecular complexity index is 773. The summed E-state index contributed by atoms with van der Waals surface area (Å²) in [5.41, 5.74) is 3.00. The van der Waals surface area contributed by atoms with Crippen LogP contribution in [-0.4, -0.2) is 50.5 Å². The molecule has 1 atom stereocenters. The summed E-state index contributed by atoms with van der Waals surface area (Å²) in [6, 6.07) is 13.2. The summed E-state index contributed by atoms with van der Waals surface area (Å²) in [5.74, 6) is 1.08. The topological polar surface area (TPSA) is 37.1 Å². The fourth-order valence-corrected chi connectivity index (χ4v) is 3.80. The van der Waals surface area contributed by atoms with Crippen LogP contribution in [0.15, 0.2) is 42.5 Å². The van der Waals surface area contributed by atoms with E-state index in [1.165, 1.54) is 16.5 Å². The molecule has 0 saturated carbocycles. The number of hydrogen-bond acceptors (Lipinski definition) is 3. The first-order valence-corrected chi connectivity index (χ1v) is 10.2. The molecule has 0 bridgehead atoms. The van der Waals surface area contributed by atoms with Gasteiger partial charge in [-0.2, -0.15) is 0 Å². The molecule has 1 aliphatic heterocycles. The van der Waals surface area contributed by atoms with Crippen molar-refractivity contribution >= 4 is 5.69 Å². The van der Waals surface area contributed by atoms with Crippen LogP contribution in [0.5, 0.6) is 5.75 Å². The lowest BCUT2D eigenvalue weighted by Gasteiger charge is -2.34. The molecule has 1 fully saturated rings. The van der Waals surface area contributed by atoms with Gasteiger partial charge in [0.25, 0.3) is 0 Å². The quantitative estimate of drug-likeness (QED) is 0.766. The van der Waals surface area contributed by atoms with Crippen molar-refractivity contribution in [2.75, 3.05) is 44.2 Å². The molecule has 1 aliphatic rings. The first kappa shape index (κ1) is 20.6. The fraction of sp³-hybridized carbons (Fsp3) is 0.478. The summed E-state index contributed by atoms with van der Waals surface area (Å²) < 4.78 is 19.9. The molecular formula is C23H32FN2O2+. The molecule has 4 nitrogen and oxygen atoms in total. The zero-order valence-corrected chi connectivity index (χ0v) is 17.1. The number of hydrogen-bond donors (Lipinski definition) is 2. The van der Waals surface area contributed by atoms with Crippen molar-refractivity contribution in [3.05, 3.63) is 59.4 Å². The van der Waals surface area contributed by atoms with Crippen LogP contribution < -0.4 is 14.5 Å². The van der Waals surface area contributed by atoms with E-state index in [9.17, 15) is 9.50 Å². The van der Waals surface area contributed by atoms with E-state index in [-0.39, 0.29) is 5.82 Å². The molecule has 0 aliphatic carbocycles. The first-order chi connectivity index (χ1) is 13.4. The molecule has 0 spiro atoms. The van der Waals surface area contributed by atoms with Crippen molar-refractivity contribution in [3.8, 4) is 5.75 Å². The van der Waals surface area contributed by atoms with Gasteiger partial charge < -0.3 is 19.6 Å². The average molecular weight is 388 g/mol. The smallest absolute Gasteiger partial charge is 0.146 e. The average Bonchev–Trinajstić information content (AvgIpc) is 2.67. The van der Waals surface area contributed by atoms with Crippen molar-refractivity contribution in [1.82, 2.24) is 0 Å². The van der Waals surface area contributed by atoms with E-state index in [4.69, 9.17) is 4.74 Å². The monoisotopic (exact) mass is 387 g/mol. The molecule has 152 valence electrons. The van der Waals surface area contributed by atoms with Gasteiger partial charge in [-0.05, 0) is 42.2 Å². The second kappa shape index (κ2) is 9.39. The number of rotatable bonds is 7. The van der Waals surface area contributed by atoms with Gasteiger partial charge >= 0.3 is 0 Å². The third kappa shape index (κ3) is 5.24. The molecule has 2 aromatic rings. The van der Waals surface area contributed by atoms with Gasteiger partial charge in [0.1, 0.15) is 30.8 Å². The highest BCUT2D eigenvalue weighted by atomic mass is 19.1. The van der Waals surface area contributed by atoms with Crippen molar-refractivity contribution < 1.29 is 19.1 Å². The lowest BCUT2D eigenvalue weighted by Crippen LogP contribution is -3.16. The van der Waals surface area contributed by atoms with Gasteiger partial charge in [0, 0.05) is 0 Å². The first-order valence-electron chi connectivity index (χ1n) is 10.2. The summed E-state index contributed by atoms with van der Waals surface area (Å²) >= 11 is 0. The Morgan fingerprint density at radius 3 is 2.54 bits per heavy atom. The van der Waals surface area contributed by atoms with Gasteiger partial charge in [0.05, 0.1) is 31.9 Å². The van der Waals surface area contributed by atoms with Crippen LogP contribution in [0, 0.1) is 12.7 Å². The molecule has 2 N–H and O–H groups in total. The predicted octanol–water partition coefficient (Wildman–Crippen LogP) is 2.40. The van der Waals surface area contributed by atoms with E-state index in [1.54, 1.807) is 6.07 Å². The van der Waals surface area contributed by atoms with Crippen LogP contribution in [0.25, 0.3) is 0 Å². The van der Waals surface area contributed by atoms with Crippen LogP contribution in [0.2, 0.25) is 0 Å². The van der Waals surface area contributed by atoms with E-state index >= 15 is 0 Å². The molecule has 0 radical (unpaired) electrons. The van der Waals surface area contributed by atoms with E-state index in [2.05, 4.69) is 30.9 Å². The number of quaternary nitrogens is 1. The third-order valence-corrected chi connectivity index (χ3v) is 5.41. The zero-order valence-electron chi connectivity index (χ0n) is 17.1. The Kier molecular flexibility index (Phi) is 6.92. The third-order valence-electron chi connectivity index (χ3n) is 5.41. The standard InChI is InChI=1S/C23H31FN2O2/c1-17(2)20-9-8-18(3)14-23(20)28-16-19(27)15-25-10-12-26(13-11-25)22-7-5-4-6-21(22)24/h4-9,14,17,19,27H,10-13,15-16H2,1-3H3/p+1/t19-/m1/s1. The van der Waals surface area contributed by atoms with E-state index in [0.717, 1.165) is 37.5 Å². The number of nitrogens with one attached hydrogen (secondary N) is 1. The molecule has 0 amide bonds. The largest absolute Gasteiger partial charge is 0.490 e. The molecule has 2 aromatic carbocycles. The van der Waals surface area contributed by atoms with Gasteiger partial charge in [-0.15, -0.1) is 0 Å². The number of halogens is 1. The number of aliphatic hydroxyl groups is 1. The Morgan fingerprint density at radius 1 is 1.14 bits per heavy atom. The lowest BCUT2D eigenvalue weighted by molar-refractivity contribution is -0.903. The molecule has 0 unspecified atom stereocenters. The highest BCUT2D eigenvalue weighted by molar-refractivity contribution is 5.47. The van der Waals surface area contributed by atoms with Crippen LogP contribution in [0.1, 0.15) is 30.9 Å². The van der Waals surface area contributed by atoms with Crippen LogP contribution >= 0.6 is 0 Å². The second-order valence-corrected chi connectivity index (χ2v) is 8.05. The Hall–Kier alpha value is -2.11. The number of aliphatic hydroxyl groups excluding tert-OH is 1. The Balaban J connectivity index is 1.48. The number of anilines is 1. The summed E-state index contributed by atoms with van der Waals surface area (Å²) in [7, 11) is 0. The number of aryl methyl sites for hydroxylation is 1. The summed E-state index contributed by atoms with van der Waals surface area (Å²) in [6.07, 6.45) is -0.518. The van der Waals surface area contributed by atoms with Crippen LogP contribution in [0.4, 0.5) is 10.1 Å². The van der Waals surface area contributed by atoms with Crippen molar-refractivity contribution in [2.24, 2.45) is 0 Å². The number of benzene rings is 2. The SMILES string of the molecule is Cc1ccc(C(C)C)c(OC[C@H](O)C[NH+]2CCN(c3ccccc3F)CC2)c1. The molecule has 0 aromatic heterocycles. The van der Waals surface area contributed by atoms with Gasteiger partial charge in [0.15, 0.2) is 0 Å². The van der Waals surface area contributed by atoms with Gasteiger partial charge in [-0.1, -0.05) is 38.1 Å². The van der Waals surface area contributed by atoms with Gasteiger partial charge in [0.2, 0.25) is 0 Å². The Morgan fingerprint density at radius 2 is 1.86 bits per heavy atom. The minimum atomic E-state index is -0.518. The van der Waals surface area contributed by atoms with Gasteiger partial charge in [-0.3, -0.25) is 0 Å². The number of nitrogens with zero attached hydrogens (tertiary/aromatic N) is 1. The molecule has 5 heteroatoms. The summed E-state index contributed by atoms with van der Waals surface area (Å²) in [4.78, 5) is 3.42. The molecule has 3 rings (SSSR count). The highest BCUT2D eigenvalue weighted by Gasteiger charge is 2.24. The lowest BCUT2D eigenvalue weighted by atomic mass is 10.0. The normalized spacial score (nSPS) is 16.4. The van der Waals surface area contributed by atoms with Crippen molar-refractivity contribution in [3.63, 3.8) is 0 Å². The Labute approximate surface area is 167 Å². The van der Waals surface area contributed by atoms with E-state index in [0.29, 0.717) is 24.8 Å². The van der Waals surface area contributed by atoms with E-state index < -0.39 is 6.10 Å². The molecule has 1 saturated heterocycles. The fourth-order valence-electron chi connectivity index (χ4n) is 3.80. The van der Waals surface area contributed by atoms with Crippen molar-refractivity contribution in [2.45, 2.75) is 32.8 Å². The maximum Gasteiger partial charge on any atom is 0.146 e. The van der Waals surface area contributed by atoms with Gasteiger partial charge in [-0.25, -0.2) is 4.39 Å². The molecule has 1 heterocycles. The number of ether oxygens (including phenoxy) is 1. The van der Waals surface area contributed by atoms with E-state index in [1.807, 2.05) is 25.1 Å². The van der Waals surface area contributed by atoms with Crippen LogP contribution in [0.3, 0.4) is 0 Å². The predicted molar refractivity (Wildman–Crippen MR) is 111 cm³/mol. The maximum atomic E-state index is 14.0. The highest BCUT2D eigenvalue weighted by Crippen LogP contribution is 2.27. The molecule has 28 heavy (non-hydrogen) atoms. The second-order valence-electron chi connectivity index (χ2n) is 8.05. The minimum Gasteiger partial charge on any atom is -0.490 e. The summed E-state index contributed by atoms with van der Waals surface area (Å²) in [6.45, 7) is 10.6.